The van der Waals surface area contributed by atoms with Gasteiger partial charge in [0.05, 0.1) is 28.9 Å². The maximum Gasteiger partial charge on any atom is 0.300 e. The van der Waals surface area contributed by atoms with Crippen molar-refractivity contribution in [2.75, 3.05) is 11.3 Å². The minimum atomic E-state index is -4.02. The number of nitrogens with one attached hydrogen (secondary N) is 3. The number of hydrogen-bond donors (Lipinski definition) is 3. The van der Waals surface area contributed by atoms with E-state index in [4.69, 9.17) is 0 Å². The molecule has 0 saturated heterocycles. The topological polar surface area (TPSA) is 157 Å². The predicted molar refractivity (Wildman–Crippen MR) is 190 cm³/mol. The van der Waals surface area contributed by atoms with Gasteiger partial charge in [0, 0.05) is 43.4 Å². The summed E-state index contributed by atoms with van der Waals surface area (Å²) in [5, 5.41) is 13.0. The third-order valence-electron chi connectivity index (χ3n) is 8.69. The summed E-state index contributed by atoms with van der Waals surface area (Å²) >= 11 is 0. The molecule has 3 N–H and O–H groups in total. The molecule has 4 aromatic heterocycles. The maximum atomic E-state index is 14.9. The summed E-state index contributed by atoms with van der Waals surface area (Å²) in [7, 11) is -2.20. The highest BCUT2D eigenvalue weighted by atomic mass is 32.2. The van der Waals surface area contributed by atoms with E-state index in [9.17, 15) is 18.0 Å². The molecule has 1 amide bonds. The van der Waals surface area contributed by atoms with Gasteiger partial charge in [0.2, 0.25) is 0 Å². The normalized spacial score (nSPS) is 13.4. The van der Waals surface area contributed by atoms with Crippen LogP contribution in [-0.2, 0) is 30.1 Å². The number of benzene rings is 2. The Hall–Kier alpha value is -5.78. The fourth-order valence-corrected chi connectivity index (χ4v) is 7.50. The Morgan fingerprint density at radius 2 is 1.84 bits per heavy atom. The number of rotatable bonds is 8. The summed E-state index contributed by atoms with van der Waals surface area (Å²) in [6.45, 7) is 3.61. The molecule has 0 radical (unpaired) electrons. The summed E-state index contributed by atoms with van der Waals surface area (Å²) in [4.78, 5) is 33.4. The van der Waals surface area contributed by atoms with Gasteiger partial charge >= 0.3 is 0 Å². The van der Waals surface area contributed by atoms with Crippen LogP contribution < -0.4 is 20.3 Å². The molecule has 7 rings (SSSR count). The first-order valence-corrected chi connectivity index (χ1v) is 17.8. The number of aryl methyl sites for hydroxylation is 3. The minimum absolute atomic E-state index is 0.0483. The molecule has 13 nitrogen and oxygen atoms in total. The first-order chi connectivity index (χ1) is 24.1. The number of nitrogens with zero attached hydrogens (tertiary/aromatic N) is 6. The van der Waals surface area contributed by atoms with Crippen LogP contribution in [0.15, 0.2) is 78.1 Å². The zero-order chi connectivity index (χ0) is 35.0. The number of para-hydroxylation sites is 1. The molecule has 0 unspecified atom stereocenters. The molecule has 0 aliphatic heterocycles. The Kier molecular flexibility index (Phi) is 8.69. The molecule has 0 bridgehead atoms. The van der Waals surface area contributed by atoms with Crippen LogP contribution in [0.5, 0.6) is 0 Å². The van der Waals surface area contributed by atoms with Gasteiger partial charge in [-0.25, -0.2) is 9.50 Å². The molecule has 2 aromatic carbocycles. The quantitative estimate of drug-likeness (QED) is 0.205. The lowest BCUT2D eigenvalue weighted by Crippen LogP contribution is -2.35. The van der Waals surface area contributed by atoms with Crippen LogP contribution >= 0.6 is 0 Å². The van der Waals surface area contributed by atoms with E-state index in [-0.39, 0.29) is 29.1 Å². The van der Waals surface area contributed by atoms with Crippen LogP contribution in [0.25, 0.3) is 22.1 Å². The van der Waals surface area contributed by atoms with Crippen molar-refractivity contribution in [3.05, 3.63) is 117 Å². The van der Waals surface area contributed by atoms with Crippen molar-refractivity contribution in [2.24, 2.45) is 7.05 Å². The van der Waals surface area contributed by atoms with E-state index in [1.807, 2.05) is 56.6 Å². The van der Waals surface area contributed by atoms with Gasteiger partial charge in [0.25, 0.3) is 21.7 Å². The van der Waals surface area contributed by atoms with Crippen molar-refractivity contribution < 1.29 is 13.2 Å². The number of amides is 1. The number of aromatic nitrogens is 6. The van der Waals surface area contributed by atoms with Crippen molar-refractivity contribution in [3.8, 4) is 17.5 Å². The molecular formula is C36H35N9O4S. The van der Waals surface area contributed by atoms with Gasteiger partial charge in [-0.15, -0.1) is 5.10 Å². The lowest BCUT2D eigenvalue weighted by molar-refractivity contribution is 0.0941. The monoisotopic (exact) mass is 689 g/mol. The van der Waals surface area contributed by atoms with Crippen molar-refractivity contribution in [3.63, 3.8) is 0 Å². The summed E-state index contributed by atoms with van der Waals surface area (Å²) in [5.74, 6) is 5.63. The van der Waals surface area contributed by atoms with Crippen molar-refractivity contribution >= 4 is 38.4 Å². The third-order valence-corrected chi connectivity index (χ3v) is 9.82. The van der Waals surface area contributed by atoms with E-state index >= 15 is 0 Å². The standard InChI is InChI=1S/C36H35N9O4S/c1-4-39-50(48,49)42-33-31(34-37-19-10-20-44(34)41-33)35(46)40-23(2)32-28-14-9-8-11-25-17-18-26(16-15-24-21-38-43(3)22-24)30(29(25)28)36(47)45(32)27-12-6-5-7-13-27/h5-7,10,12-13,17-23,39H,4,8-9,11,14H2,1-3H3,(H,40,46)(H,41,42)/t23-/m0/s1. The Bertz CT molecular complexity index is 2510. The van der Waals surface area contributed by atoms with E-state index in [2.05, 4.69) is 47.8 Å². The van der Waals surface area contributed by atoms with Crippen LogP contribution in [0.3, 0.4) is 0 Å². The number of fused-ring (bicyclic) bond motifs is 1. The second-order valence-electron chi connectivity index (χ2n) is 12.1. The van der Waals surface area contributed by atoms with Crippen LogP contribution in [0.4, 0.5) is 5.82 Å². The highest BCUT2D eigenvalue weighted by Crippen LogP contribution is 2.35. The largest absolute Gasteiger partial charge is 0.344 e. The van der Waals surface area contributed by atoms with Crippen LogP contribution in [0.1, 0.15) is 71.0 Å². The van der Waals surface area contributed by atoms with Crippen LogP contribution in [-0.4, -0.2) is 49.8 Å². The lowest BCUT2D eigenvalue weighted by Gasteiger charge is -2.25. The number of hydrogen-bond acceptors (Lipinski definition) is 7. The predicted octanol–water partition coefficient (Wildman–Crippen LogP) is 3.80. The summed E-state index contributed by atoms with van der Waals surface area (Å²) in [5.41, 5.74) is 4.52. The fourth-order valence-electron chi connectivity index (χ4n) is 6.65. The van der Waals surface area contributed by atoms with E-state index < -0.39 is 22.2 Å². The van der Waals surface area contributed by atoms with Crippen LogP contribution in [0, 0.1) is 11.8 Å². The second-order valence-corrected chi connectivity index (χ2v) is 13.6. The Morgan fingerprint density at radius 3 is 2.60 bits per heavy atom. The third kappa shape index (κ3) is 6.13. The van der Waals surface area contributed by atoms with Crippen molar-refractivity contribution in [1.82, 2.24) is 39.0 Å². The lowest BCUT2D eigenvalue weighted by atomic mass is 9.92. The van der Waals surface area contributed by atoms with Crippen molar-refractivity contribution in [2.45, 2.75) is 45.6 Å². The van der Waals surface area contributed by atoms with Gasteiger partial charge in [0.1, 0.15) is 5.56 Å². The van der Waals surface area contributed by atoms with E-state index in [0.29, 0.717) is 28.8 Å². The number of anilines is 1. The molecule has 4 heterocycles. The molecule has 0 fully saturated rings. The second kappa shape index (κ2) is 13.3. The van der Waals surface area contributed by atoms with Gasteiger partial charge in [-0.2, -0.15) is 18.2 Å². The molecule has 254 valence electrons. The zero-order valence-electron chi connectivity index (χ0n) is 27.8. The fraction of sp³-hybridized carbons (Fsp3) is 0.250. The van der Waals surface area contributed by atoms with E-state index in [0.717, 1.165) is 41.3 Å². The summed E-state index contributed by atoms with van der Waals surface area (Å²) < 4.78 is 34.8. The SMILES string of the molecule is CCNS(=O)(=O)Nc1nn2cccnc2c1C(=O)N[C@@H](C)c1c2c3c(ccc(C#Cc4cnn(C)c4)c3c(=O)n1-c1ccccc1)CCCC2. The van der Waals surface area contributed by atoms with E-state index in [1.165, 1.54) is 10.7 Å². The Labute approximate surface area is 288 Å². The number of pyridine rings is 1. The smallest absolute Gasteiger partial charge is 0.300 e. The first-order valence-electron chi connectivity index (χ1n) is 16.4. The number of carbonyl (C=O) groups excluding carboxylic acids is 1. The summed E-state index contributed by atoms with van der Waals surface area (Å²) in [6, 6.07) is 14.2. The van der Waals surface area contributed by atoms with Crippen molar-refractivity contribution in [1.29, 1.82) is 0 Å². The van der Waals surface area contributed by atoms with Gasteiger partial charge in [-0.05, 0) is 73.4 Å². The molecule has 6 aromatic rings. The molecule has 0 spiro atoms. The average molecular weight is 690 g/mol. The maximum absolute atomic E-state index is 14.9. The Balaban J connectivity index is 1.41. The van der Waals surface area contributed by atoms with Gasteiger partial charge in [0.15, 0.2) is 11.5 Å². The van der Waals surface area contributed by atoms with Gasteiger partial charge in [-0.1, -0.05) is 43.0 Å². The van der Waals surface area contributed by atoms with Gasteiger partial charge < -0.3 is 5.32 Å². The van der Waals surface area contributed by atoms with Gasteiger partial charge in [-0.3, -0.25) is 23.6 Å². The minimum Gasteiger partial charge on any atom is -0.344 e. The molecule has 1 atom stereocenters. The Morgan fingerprint density at radius 1 is 1.04 bits per heavy atom. The highest BCUT2D eigenvalue weighted by Gasteiger charge is 2.30. The van der Waals surface area contributed by atoms with Crippen LogP contribution in [0.2, 0.25) is 0 Å². The highest BCUT2D eigenvalue weighted by molar-refractivity contribution is 7.90. The molecule has 50 heavy (non-hydrogen) atoms. The first kappa shape index (κ1) is 32.8. The molecule has 0 saturated carbocycles. The molecule has 1 aliphatic carbocycles. The average Bonchev–Trinajstić information content (AvgIpc) is 3.60. The molecular weight excluding hydrogens is 655 g/mol. The zero-order valence-corrected chi connectivity index (χ0v) is 28.6. The molecule has 14 heteroatoms. The summed E-state index contributed by atoms with van der Waals surface area (Å²) in [6.07, 6.45) is 9.89. The van der Waals surface area contributed by atoms with E-state index in [1.54, 1.807) is 34.6 Å². The number of carbonyl (C=O) groups is 1. The molecule has 1 aliphatic rings.